The summed E-state index contributed by atoms with van der Waals surface area (Å²) in [6, 6.07) is 3.35. The molecule has 0 aliphatic heterocycles. The molecule has 0 aliphatic carbocycles. The van der Waals surface area contributed by atoms with Gasteiger partial charge in [0, 0.05) is 0 Å². The third kappa shape index (κ3) is 2.59. The monoisotopic (exact) mass is 257 g/mol. The van der Waals surface area contributed by atoms with Crippen LogP contribution in [0.4, 0.5) is 0 Å². The van der Waals surface area contributed by atoms with E-state index in [1.807, 2.05) is 0 Å². The van der Waals surface area contributed by atoms with Gasteiger partial charge in [-0.25, -0.2) is 0 Å². The molecule has 0 saturated heterocycles. The average Bonchev–Trinajstić information content (AvgIpc) is 2.84. The second kappa shape index (κ2) is 4.63. The van der Waals surface area contributed by atoms with E-state index in [0.717, 1.165) is 0 Å². The normalized spacial score (nSPS) is 10.4. The summed E-state index contributed by atoms with van der Waals surface area (Å²) >= 11 is 6.95. The van der Waals surface area contributed by atoms with Gasteiger partial charge in [0.05, 0.1) is 15.8 Å². The fourth-order valence-electron chi connectivity index (χ4n) is 1.09. The van der Waals surface area contributed by atoms with Crippen molar-refractivity contribution in [1.82, 2.24) is 15.5 Å². The number of nitrogens with zero attached hydrogens (tertiary/aromatic N) is 2. The SMILES string of the molecule is Cc1noc(CNC(=O)c2ccc(Cl)s2)n1. The number of thiophene rings is 1. The van der Waals surface area contributed by atoms with Crippen molar-refractivity contribution >= 4 is 28.8 Å². The predicted molar refractivity (Wildman–Crippen MR) is 59.5 cm³/mol. The van der Waals surface area contributed by atoms with Gasteiger partial charge in [-0.05, 0) is 19.1 Å². The maximum absolute atomic E-state index is 11.6. The van der Waals surface area contributed by atoms with Crippen molar-refractivity contribution in [3.8, 4) is 0 Å². The highest BCUT2D eigenvalue weighted by Crippen LogP contribution is 2.21. The van der Waals surface area contributed by atoms with Crippen LogP contribution in [0, 0.1) is 6.92 Å². The number of nitrogens with one attached hydrogen (secondary N) is 1. The van der Waals surface area contributed by atoms with E-state index >= 15 is 0 Å². The molecule has 0 unspecified atom stereocenters. The van der Waals surface area contributed by atoms with Crippen molar-refractivity contribution in [2.75, 3.05) is 0 Å². The van der Waals surface area contributed by atoms with Crippen LogP contribution in [-0.2, 0) is 6.54 Å². The highest BCUT2D eigenvalue weighted by molar-refractivity contribution is 7.17. The summed E-state index contributed by atoms with van der Waals surface area (Å²) in [6.45, 7) is 1.93. The number of rotatable bonds is 3. The molecule has 1 amide bonds. The molecule has 0 bridgehead atoms. The predicted octanol–water partition coefficient (Wildman–Crippen LogP) is 2.02. The Morgan fingerprint density at radius 3 is 3.00 bits per heavy atom. The molecule has 0 atom stereocenters. The van der Waals surface area contributed by atoms with E-state index in [-0.39, 0.29) is 12.5 Å². The van der Waals surface area contributed by atoms with Gasteiger partial charge in [-0.3, -0.25) is 4.79 Å². The molecule has 0 aromatic carbocycles. The van der Waals surface area contributed by atoms with Crippen LogP contribution in [0.3, 0.4) is 0 Å². The third-order valence-corrected chi connectivity index (χ3v) is 3.00. The van der Waals surface area contributed by atoms with Crippen molar-refractivity contribution in [2.45, 2.75) is 13.5 Å². The Hall–Kier alpha value is -1.40. The summed E-state index contributed by atoms with van der Waals surface area (Å²) in [5.41, 5.74) is 0. The van der Waals surface area contributed by atoms with Gasteiger partial charge in [-0.2, -0.15) is 4.98 Å². The maximum atomic E-state index is 11.6. The quantitative estimate of drug-likeness (QED) is 0.913. The van der Waals surface area contributed by atoms with Crippen LogP contribution >= 0.6 is 22.9 Å². The number of carbonyl (C=O) groups excluding carboxylic acids is 1. The second-order valence-corrected chi connectivity index (χ2v) is 4.74. The van der Waals surface area contributed by atoms with Gasteiger partial charge in [-0.1, -0.05) is 16.8 Å². The van der Waals surface area contributed by atoms with Crippen molar-refractivity contribution in [3.05, 3.63) is 33.1 Å². The first-order valence-corrected chi connectivity index (χ1v) is 5.67. The minimum absolute atomic E-state index is 0.201. The number of carbonyl (C=O) groups is 1. The lowest BCUT2D eigenvalue weighted by Crippen LogP contribution is -2.21. The molecule has 2 aromatic heterocycles. The first-order chi connectivity index (χ1) is 7.65. The van der Waals surface area contributed by atoms with Gasteiger partial charge in [0.1, 0.15) is 0 Å². The number of aromatic nitrogens is 2. The average molecular weight is 258 g/mol. The molecule has 0 saturated carbocycles. The second-order valence-electron chi connectivity index (χ2n) is 3.02. The van der Waals surface area contributed by atoms with Crippen molar-refractivity contribution in [1.29, 1.82) is 0 Å². The Bertz CT molecular complexity index is 508. The Kier molecular flexibility index (Phi) is 3.21. The largest absolute Gasteiger partial charge is 0.342 e. The van der Waals surface area contributed by atoms with Crippen molar-refractivity contribution in [2.24, 2.45) is 0 Å². The van der Waals surface area contributed by atoms with E-state index in [4.69, 9.17) is 16.1 Å². The summed E-state index contributed by atoms with van der Waals surface area (Å²) < 4.78 is 5.44. The Morgan fingerprint density at radius 2 is 2.44 bits per heavy atom. The summed E-state index contributed by atoms with van der Waals surface area (Å²) in [5, 5.41) is 6.27. The third-order valence-electron chi connectivity index (χ3n) is 1.77. The lowest BCUT2D eigenvalue weighted by molar-refractivity contribution is 0.0950. The molecule has 16 heavy (non-hydrogen) atoms. The number of aryl methyl sites for hydroxylation is 1. The molecule has 0 fully saturated rings. The summed E-state index contributed by atoms with van der Waals surface area (Å²) in [4.78, 5) is 16.1. The van der Waals surface area contributed by atoms with E-state index in [9.17, 15) is 4.79 Å². The molecule has 0 radical (unpaired) electrons. The number of hydrogen-bond acceptors (Lipinski definition) is 5. The number of halogens is 1. The lowest BCUT2D eigenvalue weighted by Gasteiger charge is -1.98. The van der Waals surface area contributed by atoms with Crippen LogP contribution in [0.5, 0.6) is 0 Å². The van der Waals surface area contributed by atoms with Crippen molar-refractivity contribution < 1.29 is 9.32 Å². The minimum Gasteiger partial charge on any atom is -0.342 e. The zero-order valence-corrected chi connectivity index (χ0v) is 9.93. The Labute approximate surface area is 100 Å². The molecule has 2 aromatic rings. The first kappa shape index (κ1) is 11.1. The van der Waals surface area contributed by atoms with Gasteiger partial charge in [0.25, 0.3) is 5.91 Å². The molecule has 1 N–H and O–H groups in total. The van der Waals surface area contributed by atoms with Gasteiger partial charge >= 0.3 is 0 Å². The minimum atomic E-state index is -0.201. The smallest absolute Gasteiger partial charge is 0.261 e. The fourth-order valence-corrected chi connectivity index (χ4v) is 2.05. The van der Waals surface area contributed by atoms with Crippen LogP contribution in [0.15, 0.2) is 16.7 Å². The van der Waals surface area contributed by atoms with E-state index in [0.29, 0.717) is 20.9 Å². The topological polar surface area (TPSA) is 68.0 Å². The highest BCUT2D eigenvalue weighted by atomic mass is 35.5. The fraction of sp³-hybridized carbons (Fsp3) is 0.222. The van der Waals surface area contributed by atoms with Crippen LogP contribution < -0.4 is 5.32 Å². The number of hydrogen-bond donors (Lipinski definition) is 1. The zero-order valence-electron chi connectivity index (χ0n) is 8.36. The molecule has 7 heteroatoms. The van der Waals surface area contributed by atoms with E-state index in [1.165, 1.54) is 11.3 Å². The molecule has 5 nitrogen and oxygen atoms in total. The first-order valence-electron chi connectivity index (χ1n) is 4.48. The molecule has 0 spiro atoms. The molecule has 0 aliphatic rings. The number of amides is 1. The van der Waals surface area contributed by atoms with E-state index < -0.39 is 0 Å². The Morgan fingerprint density at radius 1 is 1.62 bits per heavy atom. The van der Waals surface area contributed by atoms with Gasteiger partial charge in [-0.15, -0.1) is 11.3 Å². The van der Waals surface area contributed by atoms with Gasteiger partial charge < -0.3 is 9.84 Å². The summed E-state index contributed by atoms with van der Waals surface area (Å²) in [5.74, 6) is 0.727. The van der Waals surface area contributed by atoms with E-state index in [1.54, 1.807) is 19.1 Å². The Balaban J connectivity index is 1.93. The summed E-state index contributed by atoms with van der Waals surface area (Å²) in [6.07, 6.45) is 0. The van der Waals surface area contributed by atoms with Crippen molar-refractivity contribution in [3.63, 3.8) is 0 Å². The zero-order chi connectivity index (χ0) is 11.5. The maximum Gasteiger partial charge on any atom is 0.261 e. The highest BCUT2D eigenvalue weighted by Gasteiger charge is 2.10. The molecular formula is C9H8ClN3O2S. The van der Waals surface area contributed by atoms with Crippen LogP contribution in [0.2, 0.25) is 4.34 Å². The lowest BCUT2D eigenvalue weighted by atomic mass is 10.4. The molecular weight excluding hydrogens is 250 g/mol. The van der Waals surface area contributed by atoms with Crippen LogP contribution in [0.25, 0.3) is 0 Å². The van der Waals surface area contributed by atoms with Gasteiger partial charge in [0.2, 0.25) is 5.89 Å². The van der Waals surface area contributed by atoms with Crippen LogP contribution in [-0.4, -0.2) is 16.0 Å². The molecule has 84 valence electrons. The standard InChI is InChI=1S/C9H8ClN3O2S/c1-5-12-8(15-13-5)4-11-9(14)6-2-3-7(10)16-6/h2-3H,4H2,1H3,(H,11,14). The molecule has 2 heterocycles. The summed E-state index contributed by atoms with van der Waals surface area (Å²) in [7, 11) is 0. The molecule has 2 rings (SSSR count). The van der Waals surface area contributed by atoms with Crippen LogP contribution in [0.1, 0.15) is 21.4 Å². The van der Waals surface area contributed by atoms with E-state index in [2.05, 4.69) is 15.5 Å². The van der Waals surface area contributed by atoms with Gasteiger partial charge in [0.15, 0.2) is 5.82 Å².